The Kier molecular flexibility index (Phi) is 2.04. The molecule has 0 bridgehead atoms. The highest BCUT2D eigenvalue weighted by molar-refractivity contribution is 5.87. The van der Waals surface area contributed by atoms with Crippen LogP contribution in [-0.4, -0.2) is 56.9 Å². The zero-order valence-corrected chi connectivity index (χ0v) is 8.47. The van der Waals surface area contributed by atoms with E-state index in [2.05, 4.69) is 5.32 Å². The van der Waals surface area contributed by atoms with Crippen LogP contribution in [0.25, 0.3) is 0 Å². The summed E-state index contributed by atoms with van der Waals surface area (Å²) in [4.78, 5) is 13.0. The first kappa shape index (κ1) is 9.86. The van der Waals surface area contributed by atoms with Crippen molar-refractivity contribution in [3.8, 4) is 0 Å². The summed E-state index contributed by atoms with van der Waals surface area (Å²) in [6.45, 7) is 1.32. The third-order valence-electron chi connectivity index (χ3n) is 3.17. The molecule has 2 saturated heterocycles. The Hall–Kier alpha value is -0.680. The second kappa shape index (κ2) is 2.90. The van der Waals surface area contributed by atoms with Crippen molar-refractivity contribution in [2.75, 3.05) is 40.4 Å². The van der Waals surface area contributed by atoms with E-state index in [1.54, 1.807) is 14.1 Å². The molecule has 14 heavy (non-hydrogen) atoms. The minimum absolute atomic E-state index is 0.105. The van der Waals surface area contributed by atoms with Gasteiger partial charge in [-0.05, 0) is 0 Å². The van der Waals surface area contributed by atoms with Gasteiger partial charge >= 0.3 is 0 Å². The van der Waals surface area contributed by atoms with Crippen molar-refractivity contribution < 1.29 is 13.9 Å². The molecule has 2 heterocycles. The molecule has 2 aliphatic heterocycles. The monoisotopic (exact) mass is 202 g/mol. The lowest BCUT2D eigenvalue weighted by Gasteiger charge is -2.45. The Balaban J connectivity index is 2.25. The average Bonchev–Trinajstić information content (AvgIpc) is 2.41. The quantitative estimate of drug-likeness (QED) is 0.617. The Labute approximate surface area is 82.4 Å². The fraction of sp³-hybridized carbons (Fsp3) is 0.889. The lowest BCUT2D eigenvalue weighted by Crippen LogP contribution is -2.63. The first-order valence-corrected chi connectivity index (χ1v) is 4.71. The number of rotatable bonds is 1. The molecule has 0 aromatic carbocycles. The summed E-state index contributed by atoms with van der Waals surface area (Å²) < 4.78 is 19.6. The lowest BCUT2D eigenvalue weighted by molar-refractivity contribution is -0.185. The molecule has 2 rings (SSSR count). The molecule has 0 aromatic rings. The predicted octanol–water partition coefficient (Wildman–Crippen LogP) is -0.597. The number of carbonyl (C=O) groups is 1. The molecular formula is C9H15FN2O2. The smallest absolute Gasteiger partial charge is 0.261 e. The minimum atomic E-state index is -1.78. The van der Waals surface area contributed by atoms with Crippen LogP contribution in [0.3, 0.4) is 0 Å². The highest BCUT2D eigenvalue weighted by Gasteiger charge is 2.65. The van der Waals surface area contributed by atoms with E-state index in [1.165, 1.54) is 4.90 Å². The number of carbonyl (C=O) groups excluding carboxylic acids is 1. The molecule has 0 radical (unpaired) electrons. The van der Waals surface area contributed by atoms with Crippen LogP contribution in [0, 0.1) is 5.41 Å². The molecule has 1 N–H and O–H groups in total. The first-order chi connectivity index (χ1) is 6.52. The van der Waals surface area contributed by atoms with Crippen molar-refractivity contribution in [3.63, 3.8) is 0 Å². The number of ether oxygens (including phenoxy) is 1. The molecule has 1 unspecified atom stereocenters. The molecule has 2 aliphatic rings. The molecule has 1 atom stereocenters. The number of nitrogens with one attached hydrogen (secondary N) is 1. The number of nitrogens with zero attached hydrogens (tertiary/aromatic N) is 1. The SMILES string of the molecule is CN(C)C(=O)C1(F)CNCC12COC2. The van der Waals surface area contributed by atoms with E-state index < -0.39 is 17.0 Å². The maximum absolute atomic E-state index is 14.5. The molecule has 1 spiro atoms. The summed E-state index contributed by atoms with van der Waals surface area (Å²) >= 11 is 0. The van der Waals surface area contributed by atoms with Gasteiger partial charge in [0.15, 0.2) is 0 Å². The molecule has 0 saturated carbocycles. The van der Waals surface area contributed by atoms with Gasteiger partial charge in [0, 0.05) is 27.2 Å². The van der Waals surface area contributed by atoms with Gasteiger partial charge in [0.05, 0.1) is 18.6 Å². The molecular weight excluding hydrogens is 187 g/mol. The second-order valence-electron chi connectivity index (χ2n) is 4.38. The zero-order valence-electron chi connectivity index (χ0n) is 8.47. The lowest BCUT2D eigenvalue weighted by atomic mass is 9.73. The van der Waals surface area contributed by atoms with Gasteiger partial charge < -0.3 is 15.0 Å². The van der Waals surface area contributed by atoms with Crippen molar-refractivity contribution >= 4 is 5.91 Å². The van der Waals surface area contributed by atoms with Crippen LogP contribution >= 0.6 is 0 Å². The number of amides is 1. The molecule has 1 amide bonds. The Bertz CT molecular complexity index is 266. The van der Waals surface area contributed by atoms with Crippen LogP contribution in [0.4, 0.5) is 4.39 Å². The normalized spacial score (nSPS) is 34.2. The van der Waals surface area contributed by atoms with Gasteiger partial charge in [0.25, 0.3) is 5.91 Å². The van der Waals surface area contributed by atoms with Crippen LogP contribution in [0.2, 0.25) is 0 Å². The molecule has 5 heteroatoms. The van der Waals surface area contributed by atoms with Gasteiger partial charge in [0.1, 0.15) is 0 Å². The van der Waals surface area contributed by atoms with E-state index in [0.717, 1.165) is 0 Å². The van der Waals surface area contributed by atoms with Crippen LogP contribution < -0.4 is 5.32 Å². The van der Waals surface area contributed by atoms with Crippen LogP contribution in [0.1, 0.15) is 0 Å². The van der Waals surface area contributed by atoms with Crippen molar-refractivity contribution in [1.29, 1.82) is 0 Å². The van der Waals surface area contributed by atoms with E-state index in [9.17, 15) is 9.18 Å². The third kappa shape index (κ3) is 1.02. The van der Waals surface area contributed by atoms with Gasteiger partial charge in [-0.1, -0.05) is 0 Å². The van der Waals surface area contributed by atoms with E-state index in [-0.39, 0.29) is 6.54 Å². The summed E-state index contributed by atoms with van der Waals surface area (Å²) in [5, 5.41) is 2.94. The van der Waals surface area contributed by atoms with Gasteiger partial charge in [-0.25, -0.2) is 4.39 Å². The number of hydrogen-bond donors (Lipinski definition) is 1. The zero-order chi connectivity index (χ0) is 10.4. The standard InChI is InChI=1S/C9H15FN2O2/c1-12(2)7(13)9(10)4-11-3-8(9)5-14-6-8/h11H,3-6H2,1-2H3. The van der Waals surface area contributed by atoms with Gasteiger partial charge in [0.2, 0.25) is 5.67 Å². The van der Waals surface area contributed by atoms with Gasteiger partial charge in [-0.15, -0.1) is 0 Å². The summed E-state index contributed by atoms with van der Waals surface area (Å²) in [5.41, 5.74) is -2.40. The highest BCUT2D eigenvalue weighted by atomic mass is 19.1. The fourth-order valence-corrected chi connectivity index (χ4v) is 2.14. The first-order valence-electron chi connectivity index (χ1n) is 4.71. The molecule has 80 valence electrons. The van der Waals surface area contributed by atoms with Gasteiger partial charge in [-0.2, -0.15) is 0 Å². The Morgan fingerprint density at radius 1 is 1.43 bits per heavy atom. The van der Waals surface area contributed by atoms with E-state index in [1.807, 2.05) is 0 Å². The molecule has 4 nitrogen and oxygen atoms in total. The maximum Gasteiger partial charge on any atom is 0.261 e. The minimum Gasteiger partial charge on any atom is -0.380 e. The Morgan fingerprint density at radius 2 is 2.07 bits per heavy atom. The maximum atomic E-state index is 14.5. The van der Waals surface area contributed by atoms with Crippen LogP contribution in [0.15, 0.2) is 0 Å². The fourth-order valence-electron chi connectivity index (χ4n) is 2.14. The van der Waals surface area contributed by atoms with E-state index >= 15 is 0 Å². The Morgan fingerprint density at radius 3 is 2.50 bits per heavy atom. The van der Waals surface area contributed by atoms with Crippen molar-refractivity contribution in [1.82, 2.24) is 10.2 Å². The molecule has 0 aliphatic carbocycles. The summed E-state index contributed by atoms with van der Waals surface area (Å²) in [6.07, 6.45) is 0. The molecule has 2 fully saturated rings. The van der Waals surface area contributed by atoms with E-state index in [4.69, 9.17) is 4.74 Å². The van der Waals surface area contributed by atoms with Crippen molar-refractivity contribution in [3.05, 3.63) is 0 Å². The summed E-state index contributed by atoms with van der Waals surface area (Å²) in [7, 11) is 3.16. The third-order valence-corrected chi connectivity index (χ3v) is 3.17. The molecule has 0 aromatic heterocycles. The van der Waals surface area contributed by atoms with Crippen molar-refractivity contribution in [2.45, 2.75) is 5.67 Å². The number of alkyl halides is 1. The highest BCUT2D eigenvalue weighted by Crippen LogP contribution is 2.45. The summed E-state index contributed by atoms with van der Waals surface area (Å²) in [5.74, 6) is -0.453. The summed E-state index contributed by atoms with van der Waals surface area (Å²) in [6, 6.07) is 0. The van der Waals surface area contributed by atoms with Crippen LogP contribution in [-0.2, 0) is 9.53 Å². The van der Waals surface area contributed by atoms with Crippen LogP contribution in [0.5, 0.6) is 0 Å². The topological polar surface area (TPSA) is 41.6 Å². The second-order valence-corrected chi connectivity index (χ2v) is 4.38. The number of hydrogen-bond acceptors (Lipinski definition) is 3. The predicted molar refractivity (Wildman–Crippen MR) is 48.7 cm³/mol. The average molecular weight is 202 g/mol. The largest absolute Gasteiger partial charge is 0.380 e. The van der Waals surface area contributed by atoms with Gasteiger partial charge in [-0.3, -0.25) is 4.79 Å². The van der Waals surface area contributed by atoms with Crippen molar-refractivity contribution in [2.24, 2.45) is 5.41 Å². The van der Waals surface area contributed by atoms with E-state index in [0.29, 0.717) is 19.8 Å². The number of halogens is 1.